The van der Waals surface area contributed by atoms with Gasteiger partial charge < -0.3 is 4.90 Å². The Kier molecular flexibility index (Phi) is 6.46. The molecule has 1 saturated heterocycles. The quantitative estimate of drug-likeness (QED) is 0.738. The Morgan fingerprint density at radius 1 is 1.07 bits per heavy atom. The van der Waals surface area contributed by atoms with Crippen LogP contribution in [0.15, 0.2) is 53.4 Å². The minimum atomic E-state index is -3.52. The van der Waals surface area contributed by atoms with E-state index in [0.29, 0.717) is 37.3 Å². The molecule has 2 aromatic rings. The van der Waals surface area contributed by atoms with Gasteiger partial charge in [-0.2, -0.15) is 4.31 Å². The Labute approximate surface area is 165 Å². The van der Waals surface area contributed by atoms with Gasteiger partial charge in [0.2, 0.25) is 10.0 Å². The highest BCUT2D eigenvalue weighted by atomic mass is 32.2. The van der Waals surface area contributed by atoms with Crippen LogP contribution in [0.4, 0.5) is 4.39 Å². The molecular weight excluding hydrogens is 379 g/mol. The van der Waals surface area contributed by atoms with Gasteiger partial charge in [-0.15, -0.1) is 0 Å². The number of amides is 1. The number of benzene rings is 2. The molecule has 0 bridgehead atoms. The second-order valence-corrected chi connectivity index (χ2v) is 8.88. The van der Waals surface area contributed by atoms with Crippen LogP contribution in [0, 0.1) is 5.82 Å². The number of hydrogen-bond acceptors (Lipinski definition) is 3. The first-order valence-corrected chi connectivity index (χ1v) is 11.0. The third-order valence-corrected chi connectivity index (χ3v) is 6.90. The zero-order valence-corrected chi connectivity index (χ0v) is 16.8. The van der Waals surface area contributed by atoms with Crippen molar-refractivity contribution in [2.45, 2.75) is 37.6 Å². The van der Waals surface area contributed by atoms with E-state index in [1.54, 1.807) is 29.2 Å². The standard InChI is InChI=1S/C21H25FN2O3S/c1-2-23(16-17-7-6-8-19(22)15-17)21(25)18-9-11-20(12-10-18)28(26,27)24-13-4-3-5-14-24/h6-12,15H,2-5,13-14,16H2,1H3. The van der Waals surface area contributed by atoms with E-state index < -0.39 is 10.0 Å². The van der Waals surface area contributed by atoms with Crippen LogP contribution in [-0.2, 0) is 16.6 Å². The van der Waals surface area contributed by atoms with Gasteiger partial charge >= 0.3 is 0 Å². The van der Waals surface area contributed by atoms with Crippen molar-refractivity contribution in [1.82, 2.24) is 9.21 Å². The molecule has 1 fully saturated rings. The van der Waals surface area contributed by atoms with E-state index in [-0.39, 0.29) is 16.6 Å². The molecule has 0 saturated carbocycles. The monoisotopic (exact) mass is 404 g/mol. The Balaban J connectivity index is 1.75. The molecule has 0 N–H and O–H groups in total. The highest BCUT2D eigenvalue weighted by molar-refractivity contribution is 7.89. The van der Waals surface area contributed by atoms with Crippen molar-refractivity contribution >= 4 is 15.9 Å². The summed E-state index contributed by atoms with van der Waals surface area (Å²) in [4.78, 5) is 14.6. The molecule has 1 aliphatic rings. The summed E-state index contributed by atoms with van der Waals surface area (Å²) in [6, 6.07) is 12.2. The molecule has 0 aliphatic carbocycles. The predicted molar refractivity (Wildman–Crippen MR) is 106 cm³/mol. The van der Waals surface area contributed by atoms with Crippen molar-refractivity contribution < 1.29 is 17.6 Å². The van der Waals surface area contributed by atoms with E-state index in [4.69, 9.17) is 0 Å². The number of rotatable bonds is 6. The first kappa shape index (κ1) is 20.5. The third kappa shape index (κ3) is 4.59. The summed E-state index contributed by atoms with van der Waals surface area (Å²) in [5.41, 5.74) is 1.12. The van der Waals surface area contributed by atoms with Crippen LogP contribution < -0.4 is 0 Å². The molecule has 0 radical (unpaired) electrons. The van der Waals surface area contributed by atoms with E-state index in [1.165, 1.54) is 28.6 Å². The van der Waals surface area contributed by atoms with Crippen molar-refractivity contribution in [3.8, 4) is 0 Å². The second-order valence-electron chi connectivity index (χ2n) is 6.94. The largest absolute Gasteiger partial charge is 0.335 e. The third-order valence-electron chi connectivity index (χ3n) is 4.99. The molecule has 1 aliphatic heterocycles. The summed E-state index contributed by atoms with van der Waals surface area (Å²) in [6.45, 7) is 3.69. The smallest absolute Gasteiger partial charge is 0.254 e. The molecule has 0 atom stereocenters. The summed E-state index contributed by atoms with van der Waals surface area (Å²) in [5.74, 6) is -0.554. The maximum absolute atomic E-state index is 13.4. The molecule has 7 heteroatoms. The second kappa shape index (κ2) is 8.84. The van der Waals surface area contributed by atoms with Gasteiger partial charge in [0.15, 0.2) is 0 Å². The van der Waals surface area contributed by atoms with Gasteiger partial charge in [-0.05, 0) is 61.7 Å². The van der Waals surface area contributed by atoms with Crippen molar-refractivity contribution in [3.63, 3.8) is 0 Å². The summed E-state index contributed by atoms with van der Waals surface area (Å²) < 4.78 is 40.4. The van der Waals surface area contributed by atoms with E-state index in [0.717, 1.165) is 19.3 Å². The fourth-order valence-electron chi connectivity index (χ4n) is 3.39. The van der Waals surface area contributed by atoms with Gasteiger partial charge in [-0.3, -0.25) is 4.79 Å². The maximum atomic E-state index is 13.4. The topological polar surface area (TPSA) is 57.7 Å². The van der Waals surface area contributed by atoms with Crippen LogP contribution in [0.25, 0.3) is 0 Å². The SMILES string of the molecule is CCN(Cc1cccc(F)c1)C(=O)c1ccc(S(=O)(=O)N2CCCCC2)cc1. The molecule has 2 aromatic carbocycles. The normalized spacial score (nSPS) is 15.4. The average molecular weight is 405 g/mol. The zero-order chi connectivity index (χ0) is 20.1. The molecular formula is C21H25FN2O3S. The number of sulfonamides is 1. The van der Waals surface area contributed by atoms with Gasteiger partial charge in [0, 0.05) is 31.7 Å². The molecule has 3 rings (SSSR count). The lowest BCUT2D eigenvalue weighted by Crippen LogP contribution is -2.35. The van der Waals surface area contributed by atoms with Gasteiger partial charge in [-0.25, -0.2) is 12.8 Å². The van der Waals surface area contributed by atoms with Gasteiger partial charge in [0.1, 0.15) is 5.82 Å². The number of carbonyl (C=O) groups excluding carboxylic acids is 1. The molecule has 28 heavy (non-hydrogen) atoms. The molecule has 150 valence electrons. The average Bonchev–Trinajstić information content (AvgIpc) is 2.72. The van der Waals surface area contributed by atoms with Crippen molar-refractivity contribution in [3.05, 3.63) is 65.5 Å². The fraction of sp³-hybridized carbons (Fsp3) is 0.381. The van der Waals surface area contributed by atoms with Crippen molar-refractivity contribution in [1.29, 1.82) is 0 Å². The minimum Gasteiger partial charge on any atom is -0.335 e. The number of halogens is 1. The summed E-state index contributed by atoms with van der Waals surface area (Å²) in [7, 11) is -3.52. The molecule has 5 nitrogen and oxygen atoms in total. The van der Waals surface area contributed by atoms with E-state index >= 15 is 0 Å². The Morgan fingerprint density at radius 2 is 1.75 bits per heavy atom. The molecule has 1 heterocycles. The fourth-order valence-corrected chi connectivity index (χ4v) is 4.91. The number of piperidine rings is 1. The molecule has 0 spiro atoms. The minimum absolute atomic E-state index is 0.208. The predicted octanol–water partition coefficient (Wildman–Crippen LogP) is 3.66. The lowest BCUT2D eigenvalue weighted by Gasteiger charge is -2.26. The van der Waals surface area contributed by atoms with Crippen LogP contribution in [0.5, 0.6) is 0 Å². The van der Waals surface area contributed by atoms with Gasteiger partial charge in [0.05, 0.1) is 4.90 Å². The first-order chi connectivity index (χ1) is 13.4. The summed E-state index contributed by atoms with van der Waals surface area (Å²) in [5, 5.41) is 0. The highest BCUT2D eigenvalue weighted by Gasteiger charge is 2.26. The van der Waals surface area contributed by atoms with Crippen LogP contribution in [0.2, 0.25) is 0 Å². The maximum Gasteiger partial charge on any atom is 0.254 e. The number of carbonyl (C=O) groups is 1. The Bertz CT molecular complexity index is 923. The van der Waals surface area contributed by atoms with Crippen LogP contribution in [-0.4, -0.2) is 43.2 Å². The van der Waals surface area contributed by atoms with Crippen molar-refractivity contribution in [2.75, 3.05) is 19.6 Å². The Hall–Kier alpha value is -2.25. The van der Waals surface area contributed by atoms with Gasteiger partial charge in [0.25, 0.3) is 5.91 Å². The number of hydrogen-bond donors (Lipinski definition) is 0. The lowest BCUT2D eigenvalue weighted by molar-refractivity contribution is 0.0752. The number of nitrogens with zero attached hydrogens (tertiary/aromatic N) is 2. The van der Waals surface area contributed by atoms with Crippen LogP contribution in [0.1, 0.15) is 42.1 Å². The highest BCUT2D eigenvalue weighted by Crippen LogP contribution is 2.21. The lowest BCUT2D eigenvalue weighted by atomic mass is 10.1. The van der Waals surface area contributed by atoms with Crippen LogP contribution in [0.3, 0.4) is 0 Å². The summed E-state index contributed by atoms with van der Waals surface area (Å²) in [6.07, 6.45) is 2.81. The van der Waals surface area contributed by atoms with E-state index in [2.05, 4.69) is 0 Å². The molecule has 1 amide bonds. The Morgan fingerprint density at radius 3 is 2.36 bits per heavy atom. The zero-order valence-electron chi connectivity index (χ0n) is 16.0. The van der Waals surface area contributed by atoms with Crippen LogP contribution >= 0.6 is 0 Å². The van der Waals surface area contributed by atoms with E-state index in [9.17, 15) is 17.6 Å². The van der Waals surface area contributed by atoms with Gasteiger partial charge in [-0.1, -0.05) is 18.6 Å². The first-order valence-electron chi connectivity index (χ1n) is 9.56. The van der Waals surface area contributed by atoms with Crippen molar-refractivity contribution in [2.24, 2.45) is 0 Å². The van der Waals surface area contributed by atoms with E-state index in [1.807, 2.05) is 6.92 Å². The molecule has 0 aromatic heterocycles. The molecule has 0 unspecified atom stereocenters. The summed E-state index contributed by atoms with van der Waals surface area (Å²) >= 11 is 0.